The summed E-state index contributed by atoms with van der Waals surface area (Å²) in [5.74, 6) is -0.960. The third-order valence-corrected chi connectivity index (χ3v) is 3.11. The summed E-state index contributed by atoms with van der Waals surface area (Å²) in [7, 11) is 0. The van der Waals surface area contributed by atoms with E-state index in [2.05, 4.69) is 15.9 Å². The Morgan fingerprint density at radius 3 is 2.46 bits per heavy atom. The fourth-order valence-corrected chi connectivity index (χ4v) is 1.40. The first-order valence-electron chi connectivity index (χ1n) is 3.34. The molecule has 5 heteroatoms. The number of benzene rings is 1. The van der Waals surface area contributed by atoms with E-state index in [1.165, 1.54) is 6.07 Å². The van der Waals surface area contributed by atoms with Crippen LogP contribution in [0.4, 0.5) is 0 Å². The summed E-state index contributed by atoms with van der Waals surface area (Å²) in [6, 6.07) is 4.70. The molecule has 13 heavy (non-hydrogen) atoms. The monoisotopic (exact) mass is 282 g/mol. The summed E-state index contributed by atoms with van der Waals surface area (Å²) < 4.78 is 0. The van der Waals surface area contributed by atoms with Crippen LogP contribution in [0, 0.1) is 0 Å². The molecular formula is C8H5BrCl2O2. The maximum Gasteiger partial charge on any atom is 0.321 e. The van der Waals surface area contributed by atoms with Crippen molar-refractivity contribution in [2.45, 2.75) is 4.83 Å². The predicted octanol–water partition coefficient (Wildman–Crippen LogP) is 3.51. The van der Waals surface area contributed by atoms with Gasteiger partial charge in [0, 0.05) is 0 Å². The van der Waals surface area contributed by atoms with Crippen LogP contribution < -0.4 is 0 Å². The van der Waals surface area contributed by atoms with Crippen molar-refractivity contribution in [1.29, 1.82) is 0 Å². The molecule has 1 atom stereocenters. The van der Waals surface area contributed by atoms with Crippen molar-refractivity contribution in [3.8, 4) is 0 Å². The third kappa shape index (κ3) is 2.59. The minimum absolute atomic E-state index is 0.352. The quantitative estimate of drug-likeness (QED) is 0.844. The van der Waals surface area contributed by atoms with Crippen LogP contribution in [0.2, 0.25) is 10.0 Å². The number of carbonyl (C=O) groups is 1. The Bertz CT molecular complexity index is 341. The highest BCUT2D eigenvalue weighted by molar-refractivity contribution is 9.09. The highest BCUT2D eigenvalue weighted by Crippen LogP contribution is 2.29. The summed E-state index contributed by atoms with van der Waals surface area (Å²) >= 11 is 14.4. The van der Waals surface area contributed by atoms with Gasteiger partial charge < -0.3 is 5.11 Å². The largest absolute Gasteiger partial charge is 0.480 e. The molecule has 1 rings (SSSR count). The van der Waals surface area contributed by atoms with Crippen molar-refractivity contribution in [1.82, 2.24) is 0 Å². The molecule has 0 aliphatic carbocycles. The Kier molecular flexibility index (Phi) is 3.59. The average molecular weight is 284 g/mol. The molecule has 0 unspecified atom stereocenters. The van der Waals surface area contributed by atoms with Gasteiger partial charge in [-0.05, 0) is 17.7 Å². The Morgan fingerprint density at radius 1 is 1.38 bits per heavy atom. The fourth-order valence-electron chi connectivity index (χ4n) is 0.813. The van der Waals surface area contributed by atoms with Gasteiger partial charge in [0.15, 0.2) is 0 Å². The molecule has 1 aromatic rings. The molecule has 0 radical (unpaired) electrons. The average Bonchev–Trinajstić information content (AvgIpc) is 2.08. The lowest BCUT2D eigenvalue weighted by Gasteiger charge is -2.05. The molecule has 2 nitrogen and oxygen atoms in total. The number of halogens is 3. The maximum absolute atomic E-state index is 10.6. The maximum atomic E-state index is 10.6. The van der Waals surface area contributed by atoms with Gasteiger partial charge in [-0.25, -0.2) is 0 Å². The molecule has 0 bridgehead atoms. The first-order chi connectivity index (χ1) is 6.02. The highest BCUT2D eigenvalue weighted by Gasteiger charge is 2.16. The van der Waals surface area contributed by atoms with E-state index in [4.69, 9.17) is 28.3 Å². The number of hydrogen-bond acceptors (Lipinski definition) is 1. The van der Waals surface area contributed by atoms with Crippen molar-refractivity contribution in [2.75, 3.05) is 0 Å². The molecule has 0 aromatic heterocycles. The summed E-state index contributed by atoms with van der Waals surface area (Å²) in [5, 5.41) is 9.44. The SMILES string of the molecule is O=C(O)[C@H](Br)c1ccc(Cl)c(Cl)c1. The molecule has 0 aliphatic rings. The van der Waals surface area contributed by atoms with Gasteiger partial charge in [-0.15, -0.1) is 0 Å². The molecule has 1 aromatic carbocycles. The van der Waals surface area contributed by atoms with Crippen molar-refractivity contribution in [2.24, 2.45) is 0 Å². The van der Waals surface area contributed by atoms with E-state index in [0.717, 1.165) is 0 Å². The number of rotatable bonds is 2. The molecule has 0 saturated heterocycles. The zero-order chi connectivity index (χ0) is 10.0. The van der Waals surface area contributed by atoms with E-state index < -0.39 is 10.8 Å². The van der Waals surface area contributed by atoms with E-state index in [9.17, 15) is 4.79 Å². The second-order valence-corrected chi connectivity index (χ2v) is 4.10. The van der Waals surface area contributed by atoms with Gasteiger partial charge in [-0.2, -0.15) is 0 Å². The first-order valence-corrected chi connectivity index (χ1v) is 5.01. The number of carboxylic acids is 1. The van der Waals surface area contributed by atoms with Crippen LogP contribution in [-0.4, -0.2) is 11.1 Å². The summed E-state index contributed by atoms with van der Waals surface area (Å²) in [5.41, 5.74) is 0.571. The Morgan fingerprint density at radius 2 is 2.00 bits per heavy atom. The molecule has 0 aliphatic heterocycles. The third-order valence-electron chi connectivity index (χ3n) is 1.45. The minimum Gasteiger partial charge on any atom is -0.480 e. The van der Waals surface area contributed by atoms with Crippen LogP contribution in [0.25, 0.3) is 0 Å². The zero-order valence-corrected chi connectivity index (χ0v) is 9.40. The van der Waals surface area contributed by atoms with E-state index in [0.29, 0.717) is 15.6 Å². The number of carboxylic acid groups (broad SMARTS) is 1. The Labute approximate surface area is 93.6 Å². The normalized spacial score (nSPS) is 12.5. The summed E-state index contributed by atoms with van der Waals surface area (Å²) in [4.78, 5) is 9.83. The molecule has 0 heterocycles. The van der Waals surface area contributed by atoms with Crippen LogP contribution >= 0.6 is 39.1 Å². The lowest BCUT2D eigenvalue weighted by Crippen LogP contribution is -2.03. The van der Waals surface area contributed by atoms with Crippen molar-refractivity contribution < 1.29 is 9.90 Å². The van der Waals surface area contributed by atoms with E-state index in [-0.39, 0.29) is 0 Å². The summed E-state index contributed by atoms with van der Waals surface area (Å²) in [6.07, 6.45) is 0. The fraction of sp³-hybridized carbons (Fsp3) is 0.125. The predicted molar refractivity (Wildman–Crippen MR) is 55.8 cm³/mol. The molecule has 0 spiro atoms. The van der Waals surface area contributed by atoms with Crippen LogP contribution in [0.5, 0.6) is 0 Å². The molecule has 0 fully saturated rings. The van der Waals surface area contributed by atoms with Crippen LogP contribution in [0.3, 0.4) is 0 Å². The van der Waals surface area contributed by atoms with E-state index >= 15 is 0 Å². The first kappa shape index (κ1) is 10.8. The Hall–Kier alpha value is -0.250. The number of hydrogen-bond donors (Lipinski definition) is 1. The van der Waals surface area contributed by atoms with Gasteiger partial charge in [-0.3, -0.25) is 4.79 Å². The van der Waals surface area contributed by atoms with Gasteiger partial charge in [0.25, 0.3) is 0 Å². The van der Waals surface area contributed by atoms with Crippen molar-refractivity contribution in [3.63, 3.8) is 0 Å². The molecule has 1 N–H and O–H groups in total. The lowest BCUT2D eigenvalue weighted by atomic mass is 10.1. The smallest absolute Gasteiger partial charge is 0.321 e. The van der Waals surface area contributed by atoms with E-state index in [1.807, 2.05) is 0 Å². The van der Waals surface area contributed by atoms with E-state index in [1.54, 1.807) is 12.1 Å². The van der Waals surface area contributed by atoms with Crippen LogP contribution in [-0.2, 0) is 4.79 Å². The van der Waals surface area contributed by atoms with Crippen molar-refractivity contribution >= 4 is 45.1 Å². The lowest BCUT2D eigenvalue weighted by molar-refractivity contribution is -0.136. The van der Waals surface area contributed by atoms with Gasteiger partial charge >= 0.3 is 5.97 Å². The van der Waals surface area contributed by atoms with Gasteiger partial charge in [0.05, 0.1) is 10.0 Å². The highest BCUT2D eigenvalue weighted by atomic mass is 79.9. The van der Waals surface area contributed by atoms with Gasteiger partial charge in [0.2, 0.25) is 0 Å². The second-order valence-electron chi connectivity index (χ2n) is 2.37. The molecule has 70 valence electrons. The van der Waals surface area contributed by atoms with Gasteiger partial charge in [-0.1, -0.05) is 45.2 Å². The molecule has 0 amide bonds. The molecular weight excluding hydrogens is 279 g/mol. The van der Waals surface area contributed by atoms with Gasteiger partial charge in [0.1, 0.15) is 4.83 Å². The van der Waals surface area contributed by atoms with Crippen LogP contribution in [0.1, 0.15) is 10.4 Å². The zero-order valence-electron chi connectivity index (χ0n) is 6.30. The summed E-state index contributed by atoms with van der Waals surface area (Å²) in [6.45, 7) is 0. The number of alkyl halides is 1. The second kappa shape index (κ2) is 4.31. The number of aliphatic carboxylic acids is 1. The minimum atomic E-state index is -0.960. The topological polar surface area (TPSA) is 37.3 Å². The Balaban J connectivity index is 3.03. The van der Waals surface area contributed by atoms with Crippen molar-refractivity contribution in [3.05, 3.63) is 33.8 Å². The van der Waals surface area contributed by atoms with Crippen LogP contribution in [0.15, 0.2) is 18.2 Å². The molecule has 0 saturated carbocycles. The standard InChI is InChI=1S/C8H5BrCl2O2/c9-7(8(12)13)4-1-2-5(10)6(11)3-4/h1-3,7H,(H,12,13)/t7-/m1/s1.